The Morgan fingerprint density at radius 2 is 1.82 bits per heavy atom. The molecule has 1 aromatic heterocycles. The Bertz CT molecular complexity index is 1320. The Kier molecular flexibility index (Phi) is 5.77. The summed E-state index contributed by atoms with van der Waals surface area (Å²) in [7, 11) is 0. The summed E-state index contributed by atoms with van der Waals surface area (Å²) in [4.78, 5) is 40.3. The largest absolute Gasteiger partial charge is 0.481 e. The molecule has 2 aromatic carbocycles. The third kappa shape index (κ3) is 4.24. The number of aromatic nitrogens is 1. The zero-order chi connectivity index (χ0) is 23.7. The van der Waals surface area contributed by atoms with Gasteiger partial charge in [0.2, 0.25) is 5.91 Å². The number of carboxylic acid groups (broad SMARTS) is 1. The van der Waals surface area contributed by atoms with Crippen LogP contribution in [0.3, 0.4) is 0 Å². The molecule has 4 rings (SSSR count). The second-order valence-electron chi connectivity index (χ2n) is 7.42. The van der Waals surface area contributed by atoms with Gasteiger partial charge in [-0.3, -0.25) is 24.6 Å². The molecule has 0 saturated carbocycles. The molecule has 1 atom stereocenters. The quantitative estimate of drug-likeness (QED) is 0.441. The van der Waals surface area contributed by atoms with Gasteiger partial charge in [-0.25, -0.2) is 4.98 Å². The van der Waals surface area contributed by atoms with Crippen molar-refractivity contribution in [2.45, 2.75) is 6.42 Å². The number of benzene rings is 2. The van der Waals surface area contributed by atoms with Gasteiger partial charge in [-0.15, -0.1) is 0 Å². The summed E-state index contributed by atoms with van der Waals surface area (Å²) in [6.45, 7) is -0.111. The zero-order valence-electron chi connectivity index (χ0n) is 16.9. The van der Waals surface area contributed by atoms with E-state index in [1.165, 1.54) is 29.2 Å². The van der Waals surface area contributed by atoms with Crippen LogP contribution < -0.4 is 4.90 Å². The number of rotatable bonds is 5. The van der Waals surface area contributed by atoms with E-state index in [1.54, 1.807) is 30.3 Å². The van der Waals surface area contributed by atoms with E-state index in [1.807, 2.05) is 0 Å². The van der Waals surface area contributed by atoms with Crippen molar-refractivity contribution in [2.75, 3.05) is 11.4 Å². The van der Waals surface area contributed by atoms with Crippen molar-refractivity contribution >= 4 is 35.0 Å². The van der Waals surface area contributed by atoms with E-state index >= 15 is 0 Å². The van der Waals surface area contributed by atoms with Gasteiger partial charge >= 0.3 is 5.97 Å². The minimum atomic E-state index is -1.10. The van der Waals surface area contributed by atoms with Crippen LogP contribution in [-0.4, -0.2) is 33.4 Å². The van der Waals surface area contributed by atoms with Crippen LogP contribution in [0, 0.1) is 27.4 Å². The highest BCUT2D eigenvalue weighted by Gasteiger charge is 2.37. The molecule has 164 valence electrons. The van der Waals surface area contributed by atoms with Gasteiger partial charge in [0.25, 0.3) is 5.69 Å². The minimum Gasteiger partial charge on any atom is -0.481 e. The molecular formula is C23H15ClN4O5. The van der Waals surface area contributed by atoms with Crippen molar-refractivity contribution in [1.82, 2.24) is 4.98 Å². The van der Waals surface area contributed by atoms with E-state index in [0.29, 0.717) is 27.4 Å². The third-order valence-electron chi connectivity index (χ3n) is 5.37. The molecule has 1 amide bonds. The number of anilines is 1. The van der Waals surface area contributed by atoms with Gasteiger partial charge < -0.3 is 5.11 Å². The van der Waals surface area contributed by atoms with Crippen LogP contribution in [0.5, 0.6) is 0 Å². The SMILES string of the molecule is N#Cc1c(-c2ccc(Cl)cc2)cc(-c2ccc([N+](=O)[O-])cc2)nc1N1CC(C(=O)O)CC1=O. The lowest BCUT2D eigenvalue weighted by molar-refractivity contribution is -0.384. The second kappa shape index (κ2) is 8.68. The first-order valence-corrected chi connectivity index (χ1v) is 10.2. The zero-order valence-corrected chi connectivity index (χ0v) is 17.7. The molecule has 1 unspecified atom stereocenters. The highest BCUT2D eigenvalue weighted by molar-refractivity contribution is 6.30. The average Bonchev–Trinajstić information content (AvgIpc) is 3.20. The van der Waals surface area contributed by atoms with Crippen LogP contribution in [0.15, 0.2) is 54.6 Å². The summed E-state index contributed by atoms with van der Waals surface area (Å²) >= 11 is 6.00. The Morgan fingerprint density at radius 3 is 2.36 bits per heavy atom. The number of pyridine rings is 1. The van der Waals surface area contributed by atoms with Gasteiger partial charge in [-0.2, -0.15) is 5.26 Å². The first-order chi connectivity index (χ1) is 15.8. The number of carbonyl (C=O) groups is 2. The molecule has 9 nitrogen and oxygen atoms in total. The maximum absolute atomic E-state index is 12.6. The number of carboxylic acids is 1. The molecule has 1 fully saturated rings. The molecule has 33 heavy (non-hydrogen) atoms. The molecular weight excluding hydrogens is 448 g/mol. The second-order valence-corrected chi connectivity index (χ2v) is 7.86. The molecule has 1 aliphatic heterocycles. The van der Waals surface area contributed by atoms with Crippen molar-refractivity contribution < 1.29 is 19.6 Å². The van der Waals surface area contributed by atoms with Crippen molar-refractivity contribution in [3.63, 3.8) is 0 Å². The van der Waals surface area contributed by atoms with E-state index in [0.717, 1.165) is 0 Å². The van der Waals surface area contributed by atoms with Gasteiger partial charge in [-0.1, -0.05) is 23.7 Å². The Balaban J connectivity index is 1.92. The summed E-state index contributed by atoms with van der Waals surface area (Å²) in [5, 5.41) is 30.8. The van der Waals surface area contributed by atoms with Gasteiger partial charge in [-0.05, 0) is 35.9 Å². The summed E-state index contributed by atoms with van der Waals surface area (Å²) in [5.74, 6) is -2.41. The fourth-order valence-electron chi connectivity index (χ4n) is 3.67. The normalized spacial score (nSPS) is 15.3. The van der Waals surface area contributed by atoms with Gasteiger partial charge in [0, 0.05) is 41.2 Å². The maximum atomic E-state index is 12.6. The fraction of sp³-hybridized carbons (Fsp3) is 0.130. The maximum Gasteiger partial charge on any atom is 0.308 e. The lowest BCUT2D eigenvalue weighted by Gasteiger charge is -2.20. The number of nitriles is 1. The van der Waals surface area contributed by atoms with E-state index in [4.69, 9.17) is 11.6 Å². The van der Waals surface area contributed by atoms with Crippen LogP contribution in [0.25, 0.3) is 22.4 Å². The molecule has 1 N–H and O–H groups in total. The molecule has 1 saturated heterocycles. The van der Waals surface area contributed by atoms with Crippen molar-refractivity contribution in [1.29, 1.82) is 5.26 Å². The summed E-state index contributed by atoms with van der Waals surface area (Å²) in [5.41, 5.74) is 2.04. The fourth-order valence-corrected chi connectivity index (χ4v) is 3.80. The van der Waals surface area contributed by atoms with Gasteiger partial charge in [0.1, 0.15) is 11.6 Å². The monoisotopic (exact) mass is 462 g/mol. The molecule has 1 aliphatic rings. The summed E-state index contributed by atoms with van der Waals surface area (Å²) in [6.07, 6.45) is -0.195. The smallest absolute Gasteiger partial charge is 0.308 e. The number of hydrogen-bond donors (Lipinski definition) is 1. The number of halogens is 1. The van der Waals surface area contributed by atoms with Gasteiger partial charge in [0.15, 0.2) is 5.82 Å². The predicted molar refractivity (Wildman–Crippen MR) is 120 cm³/mol. The van der Waals surface area contributed by atoms with E-state index in [-0.39, 0.29) is 30.0 Å². The number of aliphatic carboxylic acids is 1. The van der Waals surface area contributed by atoms with Crippen LogP contribution >= 0.6 is 11.6 Å². The van der Waals surface area contributed by atoms with E-state index in [9.17, 15) is 30.1 Å². The lowest BCUT2D eigenvalue weighted by Crippen LogP contribution is -2.28. The van der Waals surface area contributed by atoms with Crippen LogP contribution in [0.4, 0.5) is 11.5 Å². The number of nitro benzene ring substituents is 1. The van der Waals surface area contributed by atoms with Crippen LogP contribution in [0.1, 0.15) is 12.0 Å². The lowest BCUT2D eigenvalue weighted by atomic mass is 9.98. The number of non-ortho nitro benzene ring substituents is 1. The number of nitro groups is 1. The summed E-state index contributed by atoms with van der Waals surface area (Å²) in [6, 6.07) is 16.2. The minimum absolute atomic E-state index is 0.0482. The molecule has 10 heteroatoms. The van der Waals surface area contributed by atoms with Crippen LogP contribution in [-0.2, 0) is 9.59 Å². The Hall–Kier alpha value is -4.29. The molecule has 3 aromatic rings. The standard InChI is InChI=1S/C23H15ClN4O5/c24-16-5-1-13(2-6-16)18-10-20(14-3-7-17(8-4-14)28(32)33)26-22(19(18)11-25)27-12-15(23(30)31)9-21(27)29/h1-8,10,15H,9,12H2,(H,30,31). The average molecular weight is 463 g/mol. The highest BCUT2D eigenvalue weighted by Crippen LogP contribution is 2.37. The molecule has 0 radical (unpaired) electrons. The Morgan fingerprint density at radius 1 is 1.18 bits per heavy atom. The van der Waals surface area contributed by atoms with Crippen LogP contribution in [0.2, 0.25) is 5.02 Å². The number of carbonyl (C=O) groups excluding carboxylic acids is 1. The first-order valence-electron chi connectivity index (χ1n) is 9.77. The third-order valence-corrected chi connectivity index (χ3v) is 5.62. The number of amides is 1. The molecule has 0 bridgehead atoms. The highest BCUT2D eigenvalue weighted by atomic mass is 35.5. The van der Waals surface area contributed by atoms with E-state index in [2.05, 4.69) is 11.1 Å². The Labute approximate surface area is 192 Å². The van der Waals surface area contributed by atoms with E-state index < -0.39 is 22.7 Å². The topological polar surface area (TPSA) is 137 Å². The number of hydrogen-bond acceptors (Lipinski definition) is 6. The molecule has 2 heterocycles. The summed E-state index contributed by atoms with van der Waals surface area (Å²) < 4.78 is 0. The van der Waals surface area contributed by atoms with Crippen molar-refractivity contribution in [2.24, 2.45) is 5.92 Å². The van der Waals surface area contributed by atoms with Crippen molar-refractivity contribution in [3.05, 3.63) is 75.3 Å². The molecule has 0 spiro atoms. The predicted octanol–water partition coefficient (Wildman–Crippen LogP) is 4.29. The van der Waals surface area contributed by atoms with Gasteiger partial charge in [0.05, 0.1) is 16.5 Å². The first kappa shape index (κ1) is 21.9. The van der Waals surface area contributed by atoms with Crippen molar-refractivity contribution in [3.8, 4) is 28.5 Å². The number of nitrogens with zero attached hydrogens (tertiary/aromatic N) is 4. The molecule has 0 aliphatic carbocycles.